The highest BCUT2D eigenvalue weighted by Gasteiger charge is 2.27. The Morgan fingerprint density at radius 2 is 2.00 bits per heavy atom. The van der Waals surface area contributed by atoms with Gasteiger partial charge in [-0.2, -0.15) is 18.7 Å². The van der Waals surface area contributed by atoms with Crippen LogP contribution in [0.3, 0.4) is 0 Å². The van der Waals surface area contributed by atoms with E-state index in [2.05, 4.69) is 26.2 Å². The summed E-state index contributed by atoms with van der Waals surface area (Å²) < 4.78 is 46.9. The van der Waals surface area contributed by atoms with Crippen LogP contribution in [0.2, 0.25) is 0 Å². The van der Waals surface area contributed by atoms with Gasteiger partial charge in [-0.15, -0.1) is 0 Å². The molecule has 8 heteroatoms. The highest BCUT2D eigenvalue weighted by Crippen LogP contribution is 2.36. The number of rotatable bonds is 7. The third-order valence-electron chi connectivity index (χ3n) is 2.19. The molecule has 0 atom stereocenters. The molecule has 0 heterocycles. The Balaban J connectivity index is 2.65. The average Bonchev–Trinajstić information content (AvgIpc) is 2.36. The van der Waals surface area contributed by atoms with E-state index in [0.717, 1.165) is 0 Å². The minimum atomic E-state index is -4.36. The molecule has 0 aliphatic rings. The van der Waals surface area contributed by atoms with Crippen LogP contribution in [-0.2, 0) is 11.4 Å². The molecule has 4 nitrogen and oxygen atoms in total. The maximum absolute atomic E-state index is 11.9. The molecule has 0 unspecified atom stereocenters. The summed E-state index contributed by atoms with van der Waals surface area (Å²) in [5.41, 5.74) is 2.94. The average molecular weight is 358 g/mol. The molecule has 0 bridgehead atoms. The van der Waals surface area contributed by atoms with E-state index in [1.807, 2.05) is 6.92 Å². The summed E-state index contributed by atoms with van der Waals surface area (Å²) in [6.45, 7) is 1.08. The van der Waals surface area contributed by atoms with Crippen molar-refractivity contribution in [3.63, 3.8) is 0 Å². The number of benzene rings is 1. The monoisotopic (exact) mass is 357 g/mol. The number of halogens is 4. The van der Waals surface area contributed by atoms with Gasteiger partial charge < -0.3 is 9.47 Å². The highest BCUT2D eigenvalue weighted by atomic mass is 79.9. The highest BCUT2D eigenvalue weighted by molar-refractivity contribution is 9.10. The molecule has 0 radical (unpaired) electrons. The lowest BCUT2D eigenvalue weighted by molar-refractivity contribution is -0.190. The molecular weight excluding hydrogens is 343 g/mol. The quantitative estimate of drug-likeness (QED) is 0.599. The zero-order valence-corrected chi connectivity index (χ0v) is 12.6. The van der Waals surface area contributed by atoms with Gasteiger partial charge in [-0.25, -0.2) is 0 Å². The number of methoxy groups -OCH3 is 1. The van der Waals surface area contributed by atoms with Crippen LogP contribution in [0.5, 0.6) is 11.5 Å². The minimum Gasteiger partial charge on any atom is -0.493 e. The molecule has 114 valence electrons. The number of alkyl halides is 3. The molecule has 0 spiro atoms. The molecular formula is C12H15BrF3NO3. The van der Waals surface area contributed by atoms with Gasteiger partial charge in [0, 0.05) is 6.54 Å². The normalized spacial score (nSPS) is 11.5. The molecule has 0 aliphatic carbocycles. The van der Waals surface area contributed by atoms with E-state index < -0.39 is 12.8 Å². The third-order valence-corrected chi connectivity index (χ3v) is 2.78. The van der Waals surface area contributed by atoms with Crippen LogP contribution in [0.25, 0.3) is 0 Å². The van der Waals surface area contributed by atoms with Crippen molar-refractivity contribution in [2.75, 3.05) is 20.3 Å². The van der Waals surface area contributed by atoms with Crippen molar-refractivity contribution >= 4 is 15.9 Å². The SMILES string of the molecule is CCOc1c(Br)cc(CNOCC(F)(F)F)cc1OC. The van der Waals surface area contributed by atoms with E-state index in [-0.39, 0.29) is 6.54 Å². The summed E-state index contributed by atoms with van der Waals surface area (Å²) in [4.78, 5) is 4.33. The van der Waals surface area contributed by atoms with Crippen molar-refractivity contribution in [3.05, 3.63) is 22.2 Å². The van der Waals surface area contributed by atoms with E-state index in [0.29, 0.717) is 28.1 Å². The fraction of sp³-hybridized carbons (Fsp3) is 0.500. The summed E-state index contributed by atoms with van der Waals surface area (Å²) >= 11 is 3.33. The Morgan fingerprint density at radius 1 is 1.30 bits per heavy atom. The minimum absolute atomic E-state index is 0.109. The van der Waals surface area contributed by atoms with Gasteiger partial charge in [0.25, 0.3) is 0 Å². The number of hydrogen-bond acceptors (Lipinski definition) is 4. The zero-order valence-electron chi connectivity index (χ0n) is 11.0. The molecule has 0 saturated carbocycles. The Labute approximate surface area is 123 Å². The summed E-state index contributed by atoms with van der Waals surface area (Å²) in [5.74, 6) is 1.05. The van der Waals surface area contributed by atoms with Crippen molar-refractivity contribution in [2.24, 2.45) is 0 Å². The van der Waals surface area contributed by atoms with Gasteiger partial charge in [-0.1, -0.05) is 0 Å². The van der Waals surface area contributed by atoms with E-state index >= 15 is 0 Å². The Hall–Kier alpha value is -0.990. The van der Waals surface area contributed by atoms with Crippen LogP contribution in [-0.4, -0.2) is 26.5 Å². The molecule has 0 fully saturated rings. The second-order valence-corrected chi connectivity index (χ2v) is 4.62. The maximum Gasteiger partial charge on any atom is 0.413 e. The standard InChI is InChI=1S/C12H15BrF3NO3/c1-3-19-11-9(13)4-8(5-10(11)18-2)6-17-20-7-12(14,15)16/h4-5,17H,3,6-7H2,1-2H3. The second-order valence-electron chi connectivity index (χ2n) is 3.77. The lowest BCUT2D eigenvalue weighted by atomic mass is 10.2. The maximum atomic E-state index is 11.9. The van der Waals surface area contributed by atoms with Crippen molar-refractivity contribution in [2.45, 2.75) is 19.6 Å². The fourth-order valence-corrected chi connectivity index (χ4v) is 2.03. The molecule has 1 aromatic rings. The number of hydrogen-bond donors (Lipinski definition) is 1. The summed E-state index contributed by atoms with van der Waals surface area (Å²) in [5, 5.41) is 0. The smallest absolute Gasteiger partial charge is 0.413 e. The number of nitrogens with one attached hydrogen (secondary N) is 1. The predicted molar refractivity (Wildman–Crippen MR) is 70.7 cm³/mol. The first-order valence-electron chi connectivity index (χ1n) is 5.78. The van der Waals surface area contributed by atoms with Gasteiger partial charge in [0.15, 0.2) is 18.1 Å². The van der Waals surface area contributed by atoms with Gasteiger partial charge in [0.2, 0.25) is 0 Å². The van der Waals surface area contributed by atoms with Gasteiger partial charge in [-0.05, 0) is 40.5 Å². The van der Waals surface area contributed by atoms with Gasteiger partial charge in [0.05, 0.1) is 18.2 Å². The molecule has 0 aliphatic heterocycles. The Morgan fingerprint density at radius 3 is 2.55 bits per heavy atom. The molecule has 20 heavy (non-hydrogen) atoms. The fourth-order valence-electron chi connectivity index (χ4n) is 1.43. The zero-order chi connectivity index (χ0) is 15.2. The van der Waals surface area contributed by atoms with E-state index in [9.17, 15) is 13.2 Å². The Bertz CT molecular complexity index is 441. The van der Waals surface area contributed by atoms with E-state index in [4.69, 9.17) is 9.47 Å². The van der Waals surface area contributed by atoms with Crippen LogP contribution < -0.4 is 15.0 Å². The first-order valence-corrected chi connectivity index (χ1v) is 6.57. The lowest BCUT2D eigenvalue weighted by Gasteiger charge is -2.14. The summed E-state index contributed by atoms with van der Waals surface area (Å²) in [6, 6.07) is 3.39. The third kappa shape index (κ3) is 5.56. The molecule has 1 N–H and O–H groups in total. The van der Waals surface area contributed by atoms with Crippen molar-refractivity contribution in [1.29, 1.82) is 0 Å². The molecule has 1 rings (SSSR count). The molecule has 0 saturated heterocycles. The predicted octanol–water partition coefficient (Wildman–Crippen LogP) is 3.44. The number of hydroxylamine groups is 1. The van der Waals surface area contributed by atoms with Crippen LogP contribution in [0.15, 0.2) is 16.6 Å². The van der Waals surface area contributed by atoms with Crippen molar-refractivity contribution < 1.29 is 27.5 Å². The topological polar surface area (TPSA) is 39.7 Å². The van der Waals surface area contributed by atoms with Crippen molar-refractivity contribution in [1.82, 2.24) is 5.48 Å². The van der Waals surface area contributed by atoms with E-state index in [1.54, 1.807) is 12.1 Å². The van der Waals surface area contributed by atoms with Crippen LogP contribution >= 0.6 is 15.9 Å². The van der Waals surface area contributed by atoms with Gasteiger partial charge in [-0.3, -0.25) is 4.84 Å². The summed E-state index contributed by atoms with van der Waals surface area (Å²) in [6.07, 6.45) is -4.36. The van der Waals surface area contributed by atoms with Gasteiger partial charge >= 0.3 is 6.18 Å². The van der Waals surface area contributed by atoms with Crippen LogP contribution in [0.1, 0.15) is 12.5 Å². The van der Waals surface area contributed by atoms with Crippen LogP contribution in [0.4, 0.5) is 13.2 Å². The van der Waals surface area contributed by atoms with Crippen molar-refractivity contribution in [3.8, 4) is 11.5 Å². The Kier molecular flexibility index (Phi) is 6.57. The summed E-state index contributed by atoms with van der Waals surface area (Å²) in [7, 11) is 1.49. The van der Waals surface area contributed by atoms with Crippen LogP contribution in [0, 0.1) is 0 Å². The van der Waals surface area contributed by atoms with Gasteiger partial charge in [0.1, 0.15) is 0 Å². The second kappa shape index (κ2) is 7.70. The molecule has 0 amide bonds. The largest absolute Gasteiger partial charge is 0.493 e. The van der Waals surface area contributed by atoms with E-state index in [1.165, 1.54) is 7.11 Å². The lowest BCUT2D eigenvalue weighted by Crippen LogP contribution is -2.24. The number of ether oxygens (including phenoxy) is 2. The first-order chi connectivity index (χ1) is 9.37. The first kappa shape index (κ1) is 17.1. The molecule has 0 aromatic heterocycles. The molecule has 1 aromatic carbocycles.